The first-order chi connectivity index (χ1) is 7.76. The minimum Gasteiger partial charge on any atom is -0.450 e. The Labute approximate surface area is 95.8 Å². The minimum absolute atomic E-state index is 0.369. The molecule has 0 aromatic rings. The fourth-order valence-corrected chi connectivity index (χ4v) is 1.44. The van der Waals surface area contributed by atoms with Gasteiger partial charge in [-0.25, -0.2) is 4.79 Å². The molecule has 0 saturated carbocycles. The lowest BCUT2D eigenvalue weighted by atomic mass is 10.1. The number of nitrogens with two attached hydrogens (primary N) is 1. The van der Waals surface area contributed by atoms with Gasteiger partial charge in [0.05, 0.1) is 6.61 Å². The van der Waals surface area contributed by atoms with Crippen molar-refractivity contribution in [2.45, 2.75) is 19.8 Å². The molecule has 88 valence electrons. The van der Waals surface area contributed by atoms with E-state index in [1.807, 2.05) is 24.3 Å². The maximum Gasteiger partial charge on any atom is 0.411 e. The molecule has 0 heterocycles. The molecule has 0 unspecified atom stereocenters. The van der Waals surface area contributed by atoms with E-state index in [9.17, 15) is 4.79 Å². The first kappa shape index (κ1) is 12.5. The van der Waals surface area contributed by atoms with Crippen LogP contribution < -0.4 is 11.1 Å². The second-order valence-electron chi connectivity index (χ2n) is 3.44. The molecular weight excluding hydrogens is 204 g/mol. The van der Waals surface area contributed by atoms with E-state index in [0.29, 0.717) is 13.2 Å². The van der Waals surface area contributed by atoms with Crippen LogP contribution in [-0.2, 0) is 4.74 Å². The summed E-state index contributed by atoms with van der Waals surface area (Å²) in [7, 11) is 0. The van der Waals surface area contributed by atoms with Gasteiger partial charge in [-0.3, -0.25) is 5.32 Å². The quantitative estimate of drug-likeness (QED) is 0.763. The van der Waals surface area contributed by atoms with Crippen molar-refractivity contribution in [3.8, 4) is 0 Å². The van der Waals surface area contributed by atoms with Crippen LogP contribution >= 0.6 is 0 Å². The number of rotatable bonds is 4. The van der Waals surface area contributed by atoms with Gasteiger partial charge in [0.2, 0.25) is 0 Å². The number of carbonyl (C=O) groups is 1. The highest BCUT2D eigenvalue weighted by Crippen LogP contribution is 2.13. The summed E-state index contributed by atoms with van der Waals surface area (Å²) in [6.45, 7) is 2.76. The van der Waals surface area contributed by atoms with Crippen LogP contribution in [-0.4, -0.2) is 19.2 Å². The second-order valence-corrected chi connectivity index (χ2v) is 3.44. The smallest absolute Gasteiger partial charge is 0.411 e. The Bertz CT molecular complexity index is 330. The van der Waals surface area contributed by atoms with E-state index in [-0.39, 0.29) is 0 Å². The average Bonchev–Trinajstić information content (AvgIpc) is 2.44. The van der Waals surface area contributed by atoms with E-state index >= 15 is 0 Å². The van der Waals surface area contributed by atoms with E-state index < -0.39 is 6.09 Å². The van der Waals surface area contributed by atoms with E-state index in [1.165, 1.54) is 5.57 Å². The topological polar surface area (TPSA) is 64.3 Å². The third-order valence-corrected chi connectivity index (χ3v) is 2.14. The summed E-state index contributed by atoms with van der Waals surface area (Å²) in [6, 6.07) is 0. The maximum absolute atomic E-state index is 11.2. The summed E-state index contributed by atoms with van der Waals surface area (Å²) >= 11 is 0. The molecular formula is C12H18N2O2. The molecule has 0 bridgehead atoms. The van der Waals surface area contributed by atoms with Crippen LogP contribution in [0, 0.1) is 0 Å². The highest BCUT2D eigenvalue weighted by atomic mass is 16.5. The number of amides is 1. The third kappa shape index (κ3) is 4.31. The number of hydrogen-bond donors (Lipinski definition) is 2. The molecule has 1 rings (SSSR count). The zero-order valence-electron chi connectivity index (χ0n) is 9.53. The molecule has 0 aliphatic heterocycles. The molecule has 4 nitrogen and oxygen atoms in total. The first-order valence-electron chi connectivity index (χ1n) is 5.46. The highest BCUT2D eigenvalue weighted by Gasteiger charge is 2.05. The van der Waals surface area contributed by atoms with Gasteiger partial charge in [-0.2, -0.15) is 0 Å². The number of hydrogen-bond acceptors (Lipinski definition) is 3. The van der Waals surface area contributed by atoms with Crippen LogP contribution in [0.4, 0.5) is 4.79 Å². The Morgan fingerprint density at radius 3 is 3.12 bits per heavy atom. The summed E-state index contributed by atoms with van der Waals surface area (Å²) in [4.78, 5) is 11.2. The van der Waals surface area contributed by atoms with Crippen molar-refractivity contribution in [1.82, 2.24) is 5.32 Å². The van der Waals surface area contributed by atoms with Crippen LogP contribution in [0.15, 0.2) is 35.6 Å². The van der Waals surface area contributed by atoms with Crippen LogP contribution in [0.25, 0.3) is 0 Å². The number of alkyl carbamates (subject to hydrolysis) is 1. The lowest BCUT2D eigenvalue weighted by Crippen LogP contribution is -2.22. The van der Waals surface area contributed by atoms with Crippen molar-refractivity contribution in [1.29, 1.82) is 0 Å². The van der Waals surface area contributed by atoms with Gasteiger partial charge in [0, 0.05) is 5.70 Å². The van der Waals surface area contributed by atoms with Gasteiger partial charge in [0.1, 0.15) is 0 Å². The first-order valence-corrected chi connectivity index (χ1v) is 5.46. The van der Waals surface area contributed by atoms with E-state index in [1.54, 1.807) is 6.92 Å². The van der Waals surface area contributed by atoms with Gasteiger partial charge in [-0.05, 0) is 38.5 Å². The highest BCUT2D eigenvalue weighted by molar-refractivity contribution is 5.70. The molecule has 0 saturated heterocycles. The summed E-state index contributed by atoms with van der Waals surface area (Å²) in [5.74, 6) is 0. The van der Waals surface area contributed by atoms with E-state index in [4.69, 9.17) is 10.5 Å². The van der Waals surface area contributed by atoms with Crippen molar-refractivity contribution >= 4 is 6.09 Å². The maximum atomic E-state index is 11.2. The average molecular weight is 222 g/mol. The minimum atomic E-state index is -0.424. The van der Waals surface area contributed by atoms with Crippen molar-refractivity contribution in [2.75, 3.05) is 13.2 Å². The summed E-state index contributed by atoms with van der Waals surface area (Å²) in [5, 5.41) is 2.68. The summed E-state index contributed by atoms with van der Waals surface area (Å²) in [5.41, 5.74) is 7.46. The van der Waals surface area contributed by atoms with Crippen LogP contribution in [0.2, 0.25) is 0 Å². The fourth-order valence-electron chi connectivity index (χ4n) is 1.44. The number of carbonyl (C=O) groups excluding carboxylic acids is 1. The van der Waals surface area contributed by atoms with Crippen LogP contribution in [0.3, 0.4) is 0 Å². The molecule has 0 aromatic carbocycles. The molecule has 1 aliphatic rings. The van der Waals surface area contributed by atoms with Gasteiger partial charge in [0.15, 0.2) is 0 Å². The van der Waals surface area contributed by atoms with Crippen LogP contribution in [0.1, 0.15) is 19.8 Å². The Hall–Kier alpha value is -1.55. The molecule has 16 heavy (non-hydrogen) atoms. The molecule has 1 aliphatic carbocycles. The van der Waals surface area contributed by atoms with Crippen LogP contribution in [0.5, 0.6) is 0 Å². The number of allylic oxidation sites excluding steroid dienone is 4. The zero-order valence-corrected chi connectivity index (χ0v) is 9.53. The standard InChI is InChI=1S/C12H18N2O2/c1-2-16-12(15)14-11-6-4-3-5-10(9-11)7-8-13/h3-4,6,9H,2,5,7-8,13H2,1H3,(H,14,15). The Morgan fingerprint density at radius 2 is 2.44 bits per heavy atom. The predicted molar refractivity (Wildman–Crippen MR) is 63.8 cm³/mol. The van der Waals surface area contributed by atoms with Gasteiger partial charge < -0.3 is 10.5 Å². The van der Waals surface area contributed by atoms with Crippen molar-refractivity contribution in [2.24, 2.45) is 5.73 Å². The molecule has 0 spiro atoms. The third-order valence-electron chi connectivity index (χ3n) is 2.14. The molecule has 0 atom stereocenters. The Balaban J connectivity index is 2.63. The van der Waals surface area contributed by atoms with Gasteiger partial charge >= 0.3 is 6.09 Å². The molecule has 4 heteroatoms. The van der Waals surface area contributed by atoms with Gasteiger partial charge in [-0.1, -0.05) is 17.7 Å². The predicted octanol–water partition coefficient (Wildman–Crippen LogP) is 1.85. The second kappa shape index (κ2) is 6.85. The molecule has 0 radical (unpaired) electrons. The van der Waals surface area contributed by atoms with Crippen molar-refractivity contribution in [3.05, 3.63) is 35.6 Å². The number of nitrogens with one attached hydrogen (secondary N) is 1. The SMILES string of the molecule is CCOC(=O)NC1=CC=CCC(CCN)=C1. The zero-order chi connectivity index (χ0) is 11.8. The summed E-state index contributed by atoms with van der Waals surface area (Å²) < 4.78 is 4.81. The van der Waals surface area contributed by atoms with Crippen molar-refractivity contribution in [3.63, 3.8) is 0 Å². The largest absolute Gasteiger partial charge is 0.450 e. The van der Waals surface area contributed by atoms with E-state index in [0.717, 1.165) is 18.5 Å². The molecule has 3 N–H and O–H groups in total. The molecule has 0 aromatic heterocycles. The van der Waals surface area contributed by atoms with Gasteiger partial charge in [0.25, 0.3) is 0 Å². The van der Waals surface area contributed by atoms with Gasteiger partial charge in [-0.15, -0.1) is 0 Å². The fraction of sp³-hybridized carbons (Fsp3) is 0.417. The Kier molecular flexibility index (Phi) is 5.36. The van der Waals surface area contributed by atoms with Crippen molar-refractivity contribution < 1.29 is 9.53 Å². The summed E-state index contributed by atoms with van der Waals surface area (Å²) in [6.07, 6.45) is 9.05. The molecule has 1 amide bonds. The number of ether oxygens (including phenoxy) is 1. The monoisotopic (exact) mass is 222 g/mol. The Morgan fingerprint density at radius 1 is 1.62 bits per heavy atom. The normalized spacial score (nSPS) is 14.9. The lowest BCUT2D eigenvalue weighted by Gasteiger charge is -2.07. The van der Waals surface area contributed by atoms with E-state index in [2.05, 4.69) is 5.32 Å². The lowest BCUT2D eigenvalue weighted by molar-refractivity contribution is 0.155. The molecule has 0 fully saturated rings.